The van der Waals surface area contributed by atoms with Crippen LogP contribution in [0.25, 0.3) is 0 Å². The van der Waals surface area contributed by atoms with Crippen LogP contribution < -0.4 is 5.73 Å². The fourth-order valence-electron chi connectivity index (χ4n) is 1.35. The first-order valence-electron chi connectivity index (χ1n) is 5.44. The van der Waals surface area contributed by atoms with E-state index in [4.69, 9.17) is 5.73 Å². The highest BCUT2D eigenvalue weighted by atomic mass is 79.9. The van der Waals surface area contributed by atoms with E-state index in [0.29, 0.717) is 4.47 Å². The number of hydrogen-bond donors (Lipinski definition) is 1. The highest BCUT2D eigenvalue weighted by Gasteiger charge is 2.19. The maximum absolute atomic E-state index is 13.2. The van der Waals surface area contributed by atoms with Crippen LogP contribution in [-0.4, -0.2) is 49.3 Å². The maximum atomic E-state index is 13.2. The Hall–Kier alpha value is -1.63. The molecule has 1 rings (SSSR count). The first-order chi connectivity index (χ1) is 8.73. The summed E-state index contributed by atoms with van der Waals surface area (Å²) in [6.45, 7) is -0.0600. The Morgan fingerprint density at radius 2 is 1.89 bits per heavy atom. The molecule has 0 aliphatic heterocycles. The summed E-state index contributed by atoms with van der Waals surface area (Å²) in [5, 5.41) is 0. The number of benzene rings is 1. The van der Waals surface area contributed by atoms with Crippen LogP contribution in [0.5, 0.6) is 0 Å². The molecule has 0 atom stereocenters. The van der Waals surface area contributed by atoms with Crippen molar-refractivity contribution in [2.45, 2.75) is 0 Å². The van der Waals surface area contributed by atoms with Gasteiger partial charge in [-0.2, -0.15) is 0 Å². The number of nitrogen functional groups attached to an aromatic ring is 1. The predicted molar refractivity (Wildman–Crippen MR) is 74.2 cm³/mol. The van der Waals surface area contributed by atoms with Crippen LogP contribution in [0.1, 0.15) is 10.4 Å². The van der Waals surface area contributed by atoms with E-state index in [0.717, 1.165) is 6.07 Å². The fourth-order valence-corrected chi connectivity index (χ4v) is 1.84. The van der Waals surface area contributed by atoms with Gasteiger partial charge >= 0.3 is 0 Å². The molecule has 7 heteroatoms. The number of carbonyl (C=O) groups excluding carboxylic acids is 2. The number of nitrogens with two attached hydrogens (primary N) is 1. The minimum atomic E-state index is -0.601. The number of nitrogens with zero attached hydrogens (tertiary/aromatic N) is 2. The van der Waals surface area contributed by atoms with Crippen molar-refractivity contribution in [1.29, 1.82) is 0 Å². The Labute approximate surface area is 119 Å². The topological polar surface area (TPSA) is 66.6 Å². The minimum absolute atomic E-state index is 0.0600. The molecule has 0 saturated carbocycles. The quantitative estimate of drug-likeness (QED) is 0.850. The molecule has 5 nitrogen and oxygen atoms in total. The van der Waals surface area contributed by atoms with Gasteiger partial charge in [0.15, 0.2) is 0 Å². The van der Waals surface area contributed by atoms with Crippen molar-refractivity contribution in [1.82, 2.24) is 9.80 Å². The molecular weight excluding hydrogens is 317 g/mol. The van der Waals surface area contributed by atoms with E-state index in [-0.39, 0.29) is 23.7 Å². The monoisotopic (exact) mass is 331 g/mol. The van der Waals surface area contributed by atoms with Crippen LogP contribution in [-0.2, 0) is 4.79 Å². The second-order valence-electron chi connectivity index (χ2n) is 4.30. The van der Waals surface area contributed by atoms with E-state index >= 15 is 0 Å². The number of anilines is 1. The van der Waals surface area contributed by atoms with Gasteiger partial charge in [0.2, 0.25) is 5.91 Å². The largest absolute Gasteiger partial charge is 0.396 e. The van der Waals surface area contributed by atoms with E-state index in [2.05, 4.69) is 15.9 Å². The number of carbonyl (C=O) groups is 2. The summed E-state index contributed by atoms with van der Waals surface area (Å²) >= 11 is 3.11. The van der Waals surface area contributed by atoms with Crippen LogP contribution in [0.2, 0.25) is 0 Å². The summed E-state index contributed by atoms with van der Waals surface area (Å²) in [6, 6.07) is 2.38. The zero-order chi connectivity index (χ0) is 14.7. The molecule has 0 aromatic heterocycles. The van der Waals surface area contributed by atoms with E-state index in [9.17, 15) is 14.0 Å². The Kier molecular flexibility index (Phi) is 4.88. The maximum Gasteiger partial charge on any atom is 0.255 e. The van der Waals surface area contributed by atoms with Crippen LogP contribution in [0.15, 0.2) is 16.6 Å². The van der Waals surface area contributed by atoms with Gasteiger partial charge in [-0.05, 0) is 28.1 Å². The minimum Gasteiger partial charge on any atom is -0.396 e. The second-order valence-corrected chi connectivity index (χ2v) is 5.16. The Morgan fingerprint density at radius 1 is 1.32 bits per heavy atom. The summed E-state index contributed by atoms with van der Waals surface area (Å²) in [7, 11) is 4.70. The zero-order valence-corrected chi connectivity index (χ0v) is 12.5. The molecule has 0 fully saturated rings. The Balaban J connectivity index is 2.94. The molecular formula is C12H15BrFN3O2. The lowest BCUT2D eigenvalue weighted by molar-refractivity contribution is -0.129. The molecule has 0 aliphatic carbocycles. The van der Waals surface area contributed by atoms with Gasteiger partial charge < -0.3 is 15.5 Å². The van der Waals surface area contributed by atoms with Gasteiger partial charge in [-0.1, -0.05) is 0 Å². The van der Waals surface area contributed by atoms with Crippen LogP contribution in [0, 0.1) is 5.82 Å². The third-order valence-electron chi connectivity index (χ3n) is 2.53. The summed E-state index contributed by atoms with van der Waals surface area (Å²) in [5.74, 6) is -1.22. The standard InChI is InChI=1S/C12H15BrFN3O2/c1-16(2)11(18)6-17(3)12(19)7-4-10(15)9(14)5-8(7)13/h4-5H,6,15H2,1-3H3. The molecule has 0 heterocycles. The van der Waals surface area contributed by atoms with Crippen molar-refractivity contribution in [3.8, 4) is 0 Å². The van der Waals surface area contributed by atoms with E-state index in [1.54, 1.807) is 14.1 Å². The molecule has 0 unspecified atom stereocenters. The van der Waals surface area contributed by atoms with Gasteiger partial charge in [0.25, 0.3) is 5.91 Å². The number of halogens is 2. The number of amides is 2. The molecule has 2 amide bonds. The molecule has 0 radical (unpaired) electrons. The molecule has 2 N–H and O–H groups in total. The molecule has 104 valence electrons. The zero-order valence-electron chi connectivity index (χ0n) is 10.9. The van der Waals surface area contributed by atoms with Crippen LogP contribution in [0.3, 0.4) is 0 Å². The lowest BCUT2D eigenvalue weighted by Gasteiger charge is -2.20. The summed E-state index contributed by atoms with van der Waals surface area (Å²) in [4.78, 5) is 26.3. The molecule has 0 spiro atoms. The van der Waals surface area contributed by atoms with Gasteiger partial charge in [0.1, 0.15) is 5.82 Å². The normalized spacial score (nSPS) is 10.2. The third-order valence-corrected chi connectivity index (χ3v) is 3.19. The molecule has 0 aliphatic rings. The Morgan fingerprint density at radius 3 is 2.42 bits per heavy atom. The first-order valence-corrected chi connectivity index (χ1v) is 6.23. The average Bonchev–Trinajstić information content (AvgIpc) is 2.32. The highest BCUT2D eigenvalue weighted by Crippen LogP contribution is 2.23. The molecule has 0 bridgehead atoms. The molecule has 1 aromatic rings. The van der Waals surface area contributed by atoms with Crippen molar-refractivity contribution < 1.29 is 14.0 Å². The smallest absolute Gasteiger partial charge is 0.255 e. The van der Waals surface area contributed by atoms with E-state index in [1.165, 1.54) is 22.9 Å². The van der Waals surface area contributed by atoms with E-state index < -0.39 is 11.7 Å². The van der Waals surface area contributed by atoms with Crippen molar-refractivity contribution in [3.63, 3.8) is 0 Å². The predicted octanol–water partition coefficient (Wildman–Crippen LogP) is 1.33. The summed E-state index contributed by atoms with van der Waals surface area (Å²) in [5.41, 5.74) is 5.54. The molecule has 0 saturated heterocycles. The fraction of sp³-hybridized carbons (Fsp3) is 0.333. The summed E-state index contributed by atoms with van der Waals surface area (Å²) < 4.78 is 13.5. The highest BCUT2D eigenvalue weighted by molar-refractivity contribution is 9.10. The van der Waals surface area contributed by atoms with Gasteiger partial charge in [0, 0.05) is 25.6 Å². The van der Waals surface area contributed by atoms with Crippen LogP contribution in [0.4, 0.5) is 10.1 Å². The number of likely N-dealkylation sites (N-methyl/N-ethyl adjacent to an activating group) is 2. The number of rotatable bonds is 3. The van der Waals surface area contributed by atoms with Gasteiger partial charge in [-0.15, -0.1) is 0 Å². The average molecular weight is 332 g/mol. The lowest BCUT2D eigenvalue weighted by atomic mass is 10.1. The first kappa shape index (κ1) is 15.4. The van der Waals surface area contributed by atoms with Crippen molar-refractivity contribution in [2.75, 3.05) is 33.4 Å². The SMILES string of the molecule is CN(C)C(=O)CN(C)C(=O)c1cc(N)c(F)cc1Br. The van der Waals surface area contributed by atoms with Gasteiger partial charge in [-0.3, -0.25) is 9.59 Å². The van der Waals surface area contributed by atoms with Crippen molar-refractivity contribution in [2.24, 2.45) is 0 Å². The Bertz CT molecular complexity index is 520. The third kappa shape index (κ3) is 3.66. The van der Waals surface area contributed by atoms with Crippen LogP contribution >= 0.6 is 15.9 Å². The van der Waals surface area contributed by atoms with Gasteiger partial charge in [0.05, 0.1) is 17.8 Å². The lowest BCUT2D eigenvalue weighted by Crippen LogP contribution is -2.37. The second kappa shape index (κ2) is 6.01. The van der Waals surface area contributed by atoms with Crippen molar-refractivity contribution in [3.05, 3.63) is 28.0 Å². The molecule has 19 heavy (non-hydrogen) atoms. The summed E-state index contributed by atoms with van der Waals surface area (Å²) in [6.07, 6.45) is 0. The molecule has 1 aromatic carbocycles. The number of hydrogen-bond acceptors (Lipinski definition) is 3. The van der Waals surface area contributed by atoms with Crippen molar-refractivity contribution >= 4 is 33.4 Å². The van der Waals surface area contributed by atoms with Gasteiger partial charge in [-0.25, -0.2) is 4.39 Å². The van der Waals surface area contributed by atoms with E-state index in [1.807, 2.05) is 0 Å².